The zero-order chi connectivity index (χ0) is 21.5. The van der Waals surface area contributed by atoms with Crippen LogP contribution in [0.4, 0.5) is 11.4 Å². The Hall–Kier alpha value is -3.37. The van der Waals surface area contributed by atoms with Crippen LogP contribution in [-0.2, 0) is 19.1 Å². The summed E-state index contributed by atoms with van der Waals surface area (Å²) in [6.07, 6.45) is 3.55. The first-order valence-electron chi connectivity index (χ1n) is 9.75. The predicted octanol–water partition coefficient (Wildman–Crippen LogP) is 1.64. The number of benzene rings is 1. The molecule has 0 radical (unpaired) electrons. The van der Waals surface area contributed by atoms with E-state index in [1.807, 2.05) is 0 Å². The molecule has 162 valence electrons. The van der Waals surface area contributed by atoms with Gasteiger partial charge in [-0.3, -0.25) is 24.5 Å². The molecule has 0 unspecified atom stereocenters. The highest BCUT2D eigenvalue weighted by atomic mass is 16.6. The van der Waals surface area contributed by atoms with Gasteiger partial charge in [0.25, 0.3) is 11.6 Å². The molecule has 0 saturated carbocycles. The molecule has 2 amide bonds. The molecule has 11 nitrogen and oxygen atoms in total. The van der Waals surface area contributed by atoms with Gasteiger partial charge < -0.3 is 24.4 Å². The zero-order valence-corrected chi connectivity index (χ0v) is 16.4. The van der Waals surface area contributed by atoms with Crippen molar-refractivity contribution in [2.24, 2.45) is 0 Å². The maximum absolute atomic E-state index is 12.2. The largest absolute Gasteiger partial charge is 0.489 e. The number of hydrogen-bond acceptors (Lipinski definition) is 8. The van der Waals surface area contributed by atoms with Crippen molar-refractivity contribution in [3.05, 3.63) is 22.2 Å². The number of carbonyl (C=O) groups is 3. The molecule has 1 aromatic rings. The molecule has 1 aromatic carbocycles. The number of nitrogens with zero attached hydrogens (tertiary/aromatic N) is 2. The second-order valence-corrected chi connectivity index (χ2v) is 6.96. The van der Waals surface area contributed by atoms with E-state index in [0.717, 1.165) is 19.3 Å². The van der Waals surface area contributed by atoms with E-state index in [1.54, 1.807) is 0 Å². The fourth-order valence-electron chi connectivity index (χ4n) is 3.19. The highest BCUT2D eigenvalue weighted by molar-refractivity contribution is 5.95. The van der Waals surface area contributed by atoms with E-state index in [1.165, 1.54) is 17.0 Å². The quantitative estimate of drug-likeness (QED) is 0.416. The predicted molar refractivity (Wildman–Crippen MR) is 103 cm³/mol. The Morgan fingerprint density at radius 2 is 1.87 bits per heavy atom. The number of anilines is 1. The maximum atomic E-state index is 12.2. The number of nitro groups is 1. The molecule has 2 aliphatic rings. The number of carbonyl (C=O) groups excluding carboxylic acids is 3. The van der Waals surface area contributed by atoms with Crippen LogP contribution in [0.5, 0.6) is 11.5 Å². The Morgan fingerprint density at radius 1 is 1.13 bits per heavy atom. The molecular weight excluding hydrogens is 398 g/mol. The number of hydrogen-bond donors (Lipinski definition) is 1. The minimum absolute atomic E-state index is 0.0898. The summed E-state index contributed by atoms with van der Waals surface area (Å²) in [4.78, 5) is 48.2. The molecule has 30 heavy (non-hydrogen) atoms. The van der Waals surface area contributed by atoms with Crippen LogP contribution in [0.15, 0.2) is 12.1 Å². The average Bonchev–Trinajstić information content (AvgIpc) is 3.06. The van der Waals surface area contributed by atoms with Crippen LogP contribution in [0, 0.1) is 10.1 Å². The third-order valence-electron chi connectivity index (χ3n) is 4.69. The minimum atomic E-state index is -0.747. The van der Waals surface area contributed by atoms with Crippen LogP contribution in [0.25, 0.3) is 0 Å². The molecule has 0 aromatic heterocycles. The van der Waals surface area contributed by atoms with Gasteiger partial charge >= 0.3 is 5.97 Å². The lowest BCUT2D eigenvalue weighted by molar-refractivity contribution is -0.384. The Morgan fingerprint density at radius 3 is 2.60 bits per heavy atom. The SMILES string of the molecule is O=C(COC(=O)CN1CCCCCC1=O)Nc1cc2c(cc1[N+](=O)[O-])OCCCO2. The number of rotatable bonds is 6. The normalized spacial score (nSPS) is 16.3. The summed E-state index contributed by atoms with van der Waals surface area (Å²) in [6, 6.07) is 2.50. The van der Waals surface area contributed by atoms with Crippen LogP contribution in [0.2, 0.25) is 0 Å². The van der Waals surface area contributed by atoms with Crippen LogP contribution in [0.1, 0.15) is 32.1 Å². The first-order valence-corrected chi connectivity index (χ1v) is 9.75. The molecule has 2 heterocycles. The van der Waals surface area contributed by atoms with Gasteiger partial charge in [0.05, 0.1) is 24.2 Å². The number of fused-ring (bicyclic) bond motifs is 1. The summed E-state index contributed by atoms with van der Waals surface area (Å²) in [7, 11) is 0. The van der Waals surface area contributed by atoms with Gasteiger partial charge in [0.1, 0.15) is 12.2 Å². The summed E-state index contributed by atoms with van der Waals surface area (Å²) in [5.74, 6) is -1.07. The average molecular weight is 421 g/mol. The van der Waals surface area contributed by atoms with Crippen molar-refractivity contribution in [2.45, 2.75) is 32.1 Å². The molecule has 11 heteroatoms. The minimum Gasteiger partial charge on any atom is -0.489 e. The lowest BCUT2D eigenvalue weighted by Gasteiger charge is -2.19. The van der Waals surface area contributed by atoms with Crippen molar-refractivity contribution in [1.82, 2.24) is 4.90 Å². The molecule has 0 aliphatic carbocycles. The Kier molecular flexibility index (Phi) is 7.04. The zero-order valence-electron chi connectivity index (χ0n) is 16.4. The molecule has 0 bridgehead atoms. The van der Waals surface area contributed by atoms with E-state index in [4.69, 9.17) is 14.2 Å². The Balaban J connectivity index is 1.58. The van der Waals surface area contributed by atoms with E-state index < -0.39 is 23.4 Å². The molecular formula is C19H23N3O8. The lowest BCUT2D eigenvalue weighted by Crippen LogP contribution is -2.36. The van der Waals surface area contributed by atoms with E-state index in [-0.39, 0.29) is 35.3 Å². The van der Waals surface area contributed by atoms with Gasteiger partial charge in [-0.15, -0.1) is 0 Å². The van der Waals surface area contributed by atoms with E-state index in [2.05, 4.69) is 5.32 Å². The Bertz CT molecular complexity index is 841. The molecule has 2 aliphatic heterocycles. The number of amides is 2. The summed E-state index contributed by atoms with van der Waals surface area (Å²) < 4.78 is 15.8. The monoisotopic (exact) mass is 421 g/mol. The summed E-state index contributed by atoms with van der Waals surface area (Å²) in [5, 5.41) is 13.7. The number of esters is 1. The van der Waals surface area contributed by atoms with Crippen molar-refractivity contribution in [3.63, 3.8) is 0 Å². The van der Waals surface area contributed by atoms with Gasteiger partial charge in [0.15, 0.2) is 18.1 Å². The molecule has 0 spiro atoms. The molecule has 1 N–H and O–H groups in total. The second kappa shape index (κ2) is 9.90. The molecule has 0 atom stereocenters. The van der Waals surface area contributed by atoms with Gasteiger partial charge in [-0.1, -0.05) is 6.42 Å². The van der Waals surface area contributed by atoms with Gasteiger partial charge in [-0.2, -0.15) is 0 Å². The van der Waals surface area contributed by atoms with Gasteiger partial charge in [0, 0.05) is 25.5 Å². The third kappa shape index (κ3) is 5.58. The van der Waals surface area contributed by atoms with Gasteiger partial charge in [-0.05, 0) is 12.8 Å². The number of ether oxygens (including phenoxy) is 3. The van der Waals surface area contributed by atoms with Crippen LogP contribution in [0.3, 0.4) is 0 Å². The maximum Gasteiger partial charge on any atom is 0.326 e. The van der Waals surface area contributed by atoms with Crippen molar-refractivity contribution in [3.8, 4) is 11.5 Å². The van der Waals surface area contributed by atoms with Gasteiger partial charge in [-0.25, -0.2) is 0 Å². The van der Waals surface area contributed by atoms with E-state index in [9.17, 15) is 24.5 Å². The van der Waals surface area contributed by atoms with Crippen LogP contribution < -0.4 is 14.8 Å². The topological polar surface area (TPSA) is 137 Å². The third-order valence-corrected chi connectivity index (χ3v) is 4.69. The highest BCUT2D eigenvalue weighted by Crippen LogP contribution is 2.39. The van der Waals surface area contributed by atoms with E-state index in [0.29, 0.717) is 32.6 Å². The first-order chi connectivity index (χ1) is 14.4. The van der Waals surface area contributed by atoms with Gasteiger partial charge in [0.2, 0.25) is 5.91 Å². The standard InChI is InChI=1S/C19H23N3O8/c23-17(12-30-19(25)11-21-6-3-1-2-5-18(21)24)20-13-9-15-16(10-14(13)22(26)27)29-8-4-7-28-15/h9-10H,1-8,11-12H2,(H,20,23). The van der Waals surface area contributed by atoms with Crippen LogP contribution in [-0.4, -0.2) is 60.5 Å². The van der Waals surface area contributed by atoms with Crippen molar-refractivity contribution >= 4 is 29.2 Å². The molecule has 1 saturated heterocycles. The van der Waals surface area contributed by atoms with Crippen molar-refractivity contribution < 1.29 is 33.5 Å². The lowest BCUT2D eigenvalue weighted by atomic mass is 10.2. The summed E-state index contributed by atoms with van der Waals surface area (Å²) >= 11 is 0. The second-order valence-electron chi connectivity index (χ2n) is 6.96. The van der Waals surface area contributed by atoms with E-state index >= 15 is 0 Å². The van der Waals surface area contributed by atoms with Crippen molar-refractivity contribution in [1.29, 1.82) is 0 Å². The molecule has 1 fully saturated rings. The first kappa shape index (κ1) is 21.3. The fourth-order valence-corrected chi connectivity index (χ4v) is 3.19. The van der Waals surface area contributed by atoms with Crippen molar-refractivity contribution in [2.75, 3.05) is 38.2 Å². The summed E-state index contributed by atoms with van der Waals surface area (Å²) in [5.41, 5.74) is -0.456. The fraction of sp³-hybridized carbons (Fsp3) is 0.526. The number of nitro benzene ring substituents is 1. The smallest absolute Gasteiger partial charge is 0.326 e. The summed E-state index contributed by atoms with van der Waals surface area (Å²) in [6.45, 7) is 0.364. The highest BCUT2D eigenvalue weighted by Gasteiger charge is 2.24. The number of nitrogens with one attached hydrogen (secondary N) is 1. The molecule has 3 rings (SSSR count). The Labute approximate surface area is 172 Å². The van der Waals surface area contributed by atoms with Crippen LogP contribution >= 0.6 is 0 Å². The number of likely N-dealkylation sites (tertiary alicyclic amines) is 1.